The summed E-state index contributed by atoms with van der Waals surface area (Å²) in [4.78, 5) is 0. The number of halogens is 3. The molecule has 2 N–H and O–H groups in total. The molecule has 0 radical (unpaired) electrons. The first-order valence-electron chi connectivity index (χ1n) is 6.62. The Balaban J connectivity index is 1.91. The molecule has 20 heavy (non-hydrogen) atoms. The summed E-state index contributed by atoms with van der Waals surface area (Å²) < 4.78 is 46.1. The number of hydrogen-bond donors (Lipinski definition) is 1. The standard InChI is InChI=1S/C14H18F3NO2/c15-14(16,17)9-19-8-6-12(18)11-5-1-3-10-4-2-7-20-13(10)11/h1,3,5,12H,2,4,6-9,18H2. The summed E-state index contributed by atoms with van der Waals surface area (Å²) in [5.41, 5.74) is 7.98. The number of rotatable bonds is 5. The van der Waals surface area contributed by atoms with Crippen LogP contribution in [0.3, 0.4) is 0 Å². The highest BCUT2D eigenvalue weighted by Gasteiger charge is 2.27. The van der Waals surface area contributed by atoms with Gasteiger partial charge in [-0.2, -0.15) is 13.2 Å². The molecule has 0 bridgehead atoms. The smallest absolute Gasteiger partial charge is 0.411 e. The van der Waals surface area contributed by atoms with E-state index in [0.29, 0.717) is 13.0 Å². The summed E-state index contributed by atoms with van der Waals surface area (Å²) in [5.74, 6) is 0.794. The van der Waals surface area contributed by atoms with Gasteiger partial charge in [0.25, 0.3) is 0 Å². The van der Waals surface area contributed by atoms with Crippen LogP contribution >= 0.6 is 0 Å². The van der Waals surface area contributed by atoms with Crippen molar-refractivity contribution in [3.05, 3.63) is 29.3 Å². The lowest BCUT2D eigenvalue weighted by Gasteiger charge is -2.23. The second-order valence-electron chi connectivity index (χ2n) is 4.85. The highest BCUT2D eigenvalue weighted by molar-refractivity contribution is 5.44. The summed E-state index contributed by atoms with van der Waals surface area (Å²) in [7, 11) is 0. The second kappa shape index (κ2) is 6.45. The summed E-state index contributed by atoms with van der Waals surface area (Å²) in [5, 5.41) is 0. The molecular formula is C14H18F3NO2. The molecule has 1 atom stereocenters. The van der Waals surface area contributed by atoms with E-state index >= 15 is 0 Å². The van der Waals surface area contributed by atoms with E-state index in [-0.39, 0.29) is 12.6 Å². The van der Waals surface area contributed by atoms with Crippen LogP contribution in [0.4, 0.5) is 13.2 Å². The molecule has 112 valence electrons. The van der Waals surface area contributed by atoms with Crippen LogP contribution < -0.4 is 10.5 Å². The molecular weight excluding hydrogens is 271 g/mol. The fourth-order valence-corrected chi connectivity index (χ4v) is 2.26. The van der Waals surface area contributed by atoms with Gasteiger partial charge in [-0.15, -0.1) is 0 Å². The Kier molecular flexibility index (Phi) is 4.88. The van der Waals surface area contributed by atoms with Crippen molar-refractivity contribution in [1.29, 1.82) is 0 Å². The number of benzene rings is 1. The van der Waals surface area contributed by atoms with Crippen molar-refractivity contribution < 1.29 is 22.6 Å². The molecule has 0 saturated heterocycles. The van der Waals surface area contributed by atoms with E-state index in [4.69, 9.17) is 10.5 Å². The number of para-hydroxylation sites is 1. The van der Waals surface area contributed by atoms with Crippen LogP contribution in [-0.2, 0) is 11.2 Å². The molecule has 1 aliphatic heterocycles. The van der Waals surface area contributed by atoms with E-state index in [1.807, 2.05) is 18.2 Å². The topological polar surface area (TPSA) is 44.5 Å². The molecule has 0 aliphatic carbocycles. The number of fused-ring (bicyclic) bond motifs is 1. The van der Waals surface area contributed by atoms with Crippen LogP contribution in [-0.4, -0.2) is 26.0 Å². The van der Waals surface area contributed by atoms with Crippen molar-refractivity contribution in [2.45, 2.75) is 31.5 Å². The zero-order valence-electron chi connectivity index (χ0n) is 11.1. The quantitative estimate of drug-likeness (QED) is 0.848. The number of nitrogens with two attached hydrogens (primary N) is 1. The van der Waals surface area contributed by atoms with E-state index in [2.05, 4.69) is 4.74 Å². The minimum Gasteiger partial charge on any atom is -0.493 e. The van der Waals surface area contributed by atoms with Crippen LogP contribution in [0.1, 0.15) is 30.0 Å². The van der Waals surface area contributed by atoms with Gasteiger partial charge >= 0.3 is 6.18 Å². The predicted molar refractivity (Wildman–Crippen MR) is 68.7 cm³/mol. The largest absolute Gasteiger partial charge is 0.493 e. The lowest BCUT2D eigenvalue weighted by Crippen LogP contribution is -2.21. The van der Waals surface area contributed by atoms with Crippen LogP contribution in [0.5, 0.6) is 5.75 Å². The van der Waals surface area contributed by atoms with Crippen LogP contribution in [0.25, 0.3) is 0 Å². The highest BCUT2D eigenvalue weighted by Crippen LogP contribution is 2.33. The molecule has 1 heterocycles. The monoisotopic (exact) mass is 289 g/mol. The Hall–Kier alpha value is -1.27. The van der Waals surface area contributed by atoms with Gasteiger partial charge in [-0.05, 0) is 24.8 Å². The average molecular weight is 289 g/mol. The zero-order valence-corrected chi connectivity index (χ0v) is 11.1. The van der Waals surface area contributed by atoms with Gasteiger partial charge in [-0.25, -0.2) is 0 Å². The Bertz CT molecular complexity index is 449. The molecule has 1 aliphatic rings. The van der Waals surface area contributed by atoms with Gasteiger partial charge in [0.15, 0.2) is 0 Å². The van der Waals surface area contributed by atoms with Gasteiger partial charge in [0.1, 0.15) is 12.4 Å². The molecule has 0 amide bonds. The van der Waals surface area contributed by atoms with Crippen molar-refractivity contribution in [2.75, 3.05) is 19.8 Å². The zero-order chi connectivity index (χ0) is 14.6. The van der Waals surface area contributed by atoms with Gasteiger partial charge in [0, 0.05) is 18.2 Å². The van der Waals surface area contributed by atoms with Crippen molar-refractivity contribution in [3.8, 4) is 5.75 Å². The molecule has 2 rings (SSSR count). The summed E-state index contributed by atoms with van der Waals surface area (Å²) in [6, 6.07) is 5.37. The molecule has 1 aromatic carbocycles. The van der Waals surface area contributed by atoms with Crippen LogP contribution in [0.15, 0.2) is 18.2 Å². The molecule has 0 fully saturated rings. The highest BCUT2D eigenvalue weighted by atomic mass is 19.4. The number of ether oxygens (including phenoxy) is 2. The fraction of sp³-hybridized carbons (Fsp3) is 0.571. The van der Waals surface area contributed by atoms with Crippen molar-refractivity contribution in [2.24, 2.45) is 5.73 Å². The molecule has 0 spiro atoms. The Morgan fingerprint density at radius 3 is 2.90 bits per heavy atom. The molecule has 0 aromatic heterocycles. The number of alkyl halides is 3. The minimum absolute atomic E-state index is 0.0235. The van der Waals surface area contributed by atoms with Gasteiger partial charge < -0.3 is 15.2 Å². The lowest BCUT2D eigenvalue weighted by atomic mass is 9.97. The van der Waals surface area contributed by atoms with Crippen LogP contribution in [0, 0.1) is 0 Å². The summed E-state index contributed by atoms with van der Waals surface area (Å²) in [6.45, 7) is -0.602. The predicted octanol–water partition coefficient (Wildman–Crippen LogP) is 2.98. The first kappa shape index (κ1) is 15.1. The molecule has 6 heteroatoms. The SMILES string of the molecule is NC(CCOCC(F)(F)F)c1cccc2c1OCCC2. The van der Waals surface area contributed by atoms with Gasteiger partial charge in [0.05, 0.1) is 6.61 Å². The Labute approximate surface area is 115 Å². The van der Waals surface area contributed by atoms with E-state index in [1.54, 1.807) is 0 Å². The normalized spacial score (nSPS) is 16.4. The fourth-order valence-electron chi connectivity index (χ4n) is 2.26. The molecule has 1 unspecified atom stereocenters. The third-order valence-corrected chi connectivity index (χ3v) is 3.20. The van der Waals surface area contributed by atoms with Crippen molar-refractivity contribution in [3.63, 3.8) is 0 Å². The third kappa shape index (κ3) is 4.11. The number of hydrogen-bond acceptors (Lipinski definition) is 3. The lowest BCUT2D eigenvalue weighted by molar-refractivity contribution is -0.174. The van der Waals surface area contributed by atoms with E-state index in [1.165, 1.54) is 0 Å². The molecule has 1 aromatic rings. The molecule has 0 saturated carbocycles. The van der Waals surface area contributed by atoms with Crippen molar-refractivity contribution >= 4 is 0 Å². The maximum atomic E-state index is 12.0. The minimum atomic E-state index is -4.29. The van der Waals surface area contributed by atoms with E-state index < -0.39 is 12.8 Å². The van der Waals surface area contributed by atoms with E-state index in [0.717, 1.165) is 29.7 Å². The Morgan fingerprint density at radius 2 is 2.15 bits per heavy atom. The summed E-state index contributed by atoms with van der Waals surface area (Å²) in [6.07, 6.45) is -2.05. The second-order valence-corrected chi connectivity index (χ2v) is 4.85. The van der Waals surface area contributed by atoms with Gasteiger partial charge in [-0.3, -0.25) is 0 Å². The van der Waals surface area contributed by atoms with Gasteiger partial charge in [0.2, 0.25) is 0 Å². The average Bonchev–Trinajstić information content (AvgIpc) is 2.41. The first-order valence-corrected chi connectivity index (χ1v) is 6.62. The van der Waals surface area contributed by atoms with Crippen molar-refractivity contribution in [1.82, 2.24) is 0 Å². The van der Waals surface area contributed by atoms with Crippen LogP contribution in [0.2, 0.25) is 0 Å². The maximum absolute atomic E-state index is 12.0. The first-order chi connectivity index (χ1) is 9.47. The maximum Gasteiger partial charge on any atom is 0.411 e. The van der Waals surface area contributed by atoms with Gasteiger partial charge in [-0.1, -0.05) is 18.2 Å². The third-order valence-electron chi connectivity index (χ3n) is 3.20. The Morgan fingerprint density at radius 1 is 1.35 bits per heavy atom. The molecule has 3 nitrogen and oxygen atoms in total. The van der Waals surface area contributed by atoms with E-state index in [9.17, 15) is 13.2 Å². The summed E-state index contributed by atoms with van der Waals surface area (Å²) >= 11 is 0. The number of aryl methyl sites for hydroxylation is 1.